The molecule has 1 N–H and O–H groups in total. The molecule has 24 heavy (non-hydrogen) atoms. The van der Waals surface area contributed by atoms with Gasteiger partial charge in [-0.15, -0.1) is 0 Å². The second-order valence-corrected chi connectivity index (χ2v) is 5.51. The maximum Gasteiger partial charge on any atom is 0.416 e. The van der Waals surface area contributed by atoms with E-state index >= 15 is 0 Å². The van der Waals surface area contributed by atoms with Crippen molar-refractivity contribution in [3.63, 3.8) is 0 Å². The molecule has 2 rings (SSSR count). The maximum atomic E-state index is 12.7. The van der Waals surface area contributed by atoms with Crippen LogP contribution in [-0.4, -0.2) is 20.7 Å². The molecule has 0 fully saturated rings. The molecule has 2 aromatic rings. The fourth-order valence-electron chi connectivity index (χ4n) is 2.39. The summed E-state index contributed by atoms with van der Waals surface area (Å²) in [6.07, 6.45) is -2.26. The number of nitrogens with one attached hydrogen (secondary N) is 1. The van der Waals surface area contributed by atoms with Crippen LogP contribution < -0.4 is 5.32 Å². The summed E-state index contributed by atoms with van der Waals surface area (Å²) in [5, 5.41) is 6.83. The van der Waals surface area contributed by atoms with E-state index in [1.807, 2.05) is 6.92 Å². The zero-order valence-electron chi connectivity index (χ0n) is 13.5. The highest BCUT2D eigenvalue weighted by molar-refractivity contribution is 5.78. The first-order chi connectivity index (χ1) is 11.3. The lowest BCUT2D eigenvalue weighted by atomic mass is 10.1. The van der Waals surface area contributed by atoms with Crippen LogP contribution >= 0.6 is 0 Å². The molecule has 5 nitrogen and oxygen atoms in total. The van der Waals surface area contributed by atoms with Crippen molar-refractivity contribution in [2.45, 2.75) is 45.5 Å². The Bertz CT molecular complexity index is 697. The van der Waals surface area contributed by atoms with E-state index in [0.29, 0.717) is 17.9 Å². The fraction of sp³-hybridized carbons (Fsp3) is 0.438. The lowest BCUT2D eigenvalue weighted by Crippen LogP contribution is -2.30. The van der Waals surface area contributed by atoms with Gasteiger partial charge in [0, 0.05) is 6.54 Å². The van der Waals surface area contributed by atoms with E-state index in [1.165, 1.54) is 18.5 Å². The van der Waals surface area contributed by atoms with E-state index < -0.39 is 11.7 Å². The Morgan fingerprint density at radius 3 is 2.79 bits per heavy atom. The van der Waals surface area contributed by atoms with Crippen LogP contribution in [0.15, 0.2) is 30.6 Å². The molecule has 130 valence electrons. The zero-order valence-corrected chi connectivity index (χ0v) is 13.5. The molecular weight excluding hydrogens is 321 g/mol. The lowest BCUT2D eigenvalue weighted by Gasteiger charge is -2.15. The van der Waals surface area contributed by atoms with E-state index in [4.69, 9.17) is 0 Å². The van der Waals surface area contributed by atoms with Crippen LogP contribution in [-0.2, 0) is 23.9 Å². The van der Waals surface area contributed by atoms with Gasteiger partial charge in [-0.3, -0.25) is 4.79 Å². The number of aromatic nitrogens is 3. The minimum atomic E-state index is -4.42. The number of benzene rings is 1. The Labute approximate surface area is 137 Å². The van der Waals surface area contributed by atoms with E-state index in [1.54, 1.807) is 11.6 Å². The minimum absolute atomic E-state index is 0.129. The number of aryl methyl sites for hydroxylation is 1. The molecule has 0 aliphatic carbocycles. The summed E-state index contributed by atoms with van der Waals surface area (Å²) in [7, 11) is 0. The summed E-state index contributed by atoms with van der Waals surface area (Å²) in [4.78, 5) is 16.2. The van der Waals surface area contributed by atoms with Crippen molar-refractivity contribution in [1.29, 1.82) is 0 Å². The summed E-state index contributed by atoms with van der Waals surface area (Å²) in [5.41, 5.74) is -0.451. The van der Waals surface area contributed by atoms with Gasteiger partial charge in [0.2, 0.25) is 5.91 Å². The monoisotopic (exact) mass is 340 g/mol. The van der Waals surface area contributed by atoms with Gasteiger partial charge in [0.1, 0.15) is 12.2 Å². The minimum Gasteiger partial charge on any atom is -0.346 e. The molecule has 0 saturated heterocycles. The number of hydrogen-bond donors (Lipinski definition) is 1. The number of nitrogens with zero attached hydrogens (tertiary/aromatic N) is 3. The van der Waals surface area contributed by atoms with Crippen LogP contribution in [0.1, 0.15) is 43.3 Å². The predicted octanol–water partition coefficient (Wildman–Crippen LogP) is 3.13. The highest BCUT2D eigenvalue weighted by atomic mass is 19.4. The number of rotatable bonds is 6. The zero-order chi connectivity index (χ0) is 17.7. The van der Waals surface area contributed by atoms with Gasteiger partial charge in [-0.05, 0) is 25.0 Å². The third-order valence-electron chi connectivity index (χ3n) is 3.46. The molecule has 0 aliphatic heterocycles. The topological polar surface area (TPSA) is 59.8 Å². The first kappa shape index (κ1) is 18.0. The summed E-state index contributed by atoms with van der Waals surface area (Å²) >= 11 is 0. The molecule has 0 radical (unpaired) electrons. The van der Waals surface area contributed by atoms with E-state index in [2.05, 4.69) is 15.4 Å². The van der Waals surface area contributed by atoms with Crippen molar-refractivity contribution < 1.29 is 18.0 Å². The molecule has 8 heteroatoms. The van der Waals surface area contributed by atoms with Gasteiger partial charge >= 0.3 is 6.18 Å². The molecule has 0 bridgehead atoms. The van der Waals surface area contributed by atoms with Crippen LogP contribution in [0.5, 0.6) is 0 Å². The van der Waals surface area contributed by atoms with Crippen molar-refractivity contribution in [3.05, 3.63) is 47.5 Å². The van der Waals surface area contributed by atoms with Gasteiger partial charge in [0.05, 0.1) is 18.0 Å². The maximum absolute atomic E-state index is 12.7. The molecule has 1 heterocycles. The van der Waals surface area contributed by atoms with Crippen molar-refractivity contribution in [1.82, 2.24) is 20.1 Å². The normalized spacial score (nSPS) is 12.9. The molecule has 1 atom stereocenters. The molecule has 0 unspecified atom stereocenters. The summed E-state index contributed by atoms with van der Waals surface area (Å²) in [5.74, 6) is 0.252. The van der Waals surface area contributed by atoms with Crippen molar-refractivity contribution >= 4 is 5.91 Å². The first-order valence-electron chi connectivity index (χ1n) is 7.64. The smallest absolute Gasteiger partial charge is 0.346 e. The SMILES string of the molecule is CCCn1ncnc1[C@H](C)NC(=O)Cc1cccc(C(F)(F)F)c1. The average Bonchev–Trinajstić information content (AvgIpc) is 2.95. The molecule has 1 aromatic heterocycles. The largest absolute Gasteiger partial charge is 0.416 e. The van der Waals surface area contributed by atoms with Crippen LogP contribution in [0.4, 0.5) is 13.2 Å². The van der Waals surface area contributed by atoms with E-state index in [-0.39, 0.29) is 18.4 Å². The van der Waals surface area contributed by atoms with E-state index in [0.717, 1.165) is 18.6 Å². The number of alkyl halides is 3. The number of hydrogen-bond acceptors (Lipinski definition) is 3. The number of halogens is 3. The Balaban J connectivity index is 2.01. The third kappa shape index (κ3) is 4.56. The van der Waals surface area contributed by atoms with E-state index in [9.17, 15) is 18.0 Å². The van der Waals surface area contributed by atoms with Crippen molar-refractivity contribution in [2.24, 2.45) is 0 Å². The Morgan fingerprint density at radius 1 is 1.38 bits per heavy atom. The average molecular weight is 340 g/mol. The van der Waals surface area contributed by atoms with Crippen LogP contribution in [0.2, 0.25) is 0 Å². The molecule has 0 aliphatic rings. The predicted molar refractivity (Wildman–Crippen MR) is 82.0 cm³/mol. The standard InChI is InChI=1S/C16H19F3N4O/c1-3-7-23-15(20-10-21-23)11(2)22-14(24)9-12-5-4-6-13(8-12)16(17,18)19/h4-6,8,10-11H,3,7,9H2,1-2H3,(H,22,24)/t11-/m0/s1. The van der Waals surface area contributed by atoms with Crippen molar-refractivity contribution in [3.8, 4) is 0 Å². The molecule has 0 spiro atoms. The van der Waals surface area contributed by atoms with Crippen LogP contribution in [0.25, 0.3) is 0 Å². The highest BCUT2D eigenvalue weighted by Crippen LogP contribution is 2.29. The van der Waals surface area contributed by atoms with Gasteiger partial charge in [-0.1, -0.05) is 25.1 Å². The molecular formula is C16H19F3N4O. The van der Waals surface area contributed by atoms with Crippen LogP contribution in [0, 0.1) is 0 Å². The quantitative estimate of drug-likeness (QED) is 0.879. The lowest BCUT2D eigenvalue weighted by molar-refractivity contribution is -0.137. The Kier molecular flexibility index (Phi) is 5.58. The Morgan fingerprint density at radius 2 is 2.12 bits per heavy atom. The number of amides is 1. The summed E-state index contributed by atoms with van der Waals surface area (Å²) in [6, 6.07) is 4.39. The van der Waals surface area contributed by atoms with Gasteiger partial charge in [0.15, 0.2) is 0 Å². The third-order valence-corrected chi connectivity index (χ3v) is 3.46. The number of carbonyl (C=O) groups excluding carboxylic acids is 1. The second kappa shape index (κ2) is 7.46. The second-order valence-electron chi connectivity index (χ2n) is 5.51. The van der Waals surface area contributed by atoms with Gasteiger partial charge in [-0.2, -0.15) is 18.3 Å². The number of carbonyl (C=O) groups is 1. The summed E-state index contributed by atoms with van der Waals surface area (Å²) in [6.45, 7) is 4.45. The van der Waals surface area contributed by atoms with Crippen LogP contribution in [0.3, 0.4) is 0 Å². The van der Waals surface area contributed by atoms with Crippen molar-refractivity contribution in [2.75, 3.05) is 0 Å². The highest BCUT2D eigenvalue weighted by Gasteiger charge is 2.30. The first-order valence-corrected chi connectivity index (χ1v) is 7.64. The van der Waals surface area contributed by atoms with Gasteiger partial charge in [-0.25, -0.2) is 9.67 Å². The fourth-order valence-corrected chi connectivity index (χ4v) is 2.39. The molecule has 0 saturated carbocycles. The van der Waals surface area contributed by atoms with Gasteiger partial charge < -0.3 is 5.32 Å². The summed E-state index contributed by atoms with van der Waals surface area (Å²) < 4.78 is 39.8. The van der Waals surface area contributed by atoms with Gasteiger partial charge in [0.25, 0.3) is 0 Å². The molecule has 1 aromatic carbocycles. The molecule has 1 amide bonds. The Hall–Kier alpha value is -2.38.